The summed E-state index contributed by atoms with van der Waals surface area (Å²) < 4.78 is 33.0. The number of nitrogens with zero attached hydrogens (tertiary/aromatic N) is 2. The molecule has 1 aliphatic rings. The van der Waals surface area contributed by atoms with Crippen molar-refractivity contribution < 1.29 is 17.9 Å². The number of methoxy groups -OCH3 is 1. The molecule has 27 heavy (non-hydrogen) atoms. The van der Waals surface area contributed by atoms with Crippen molar-refractivity contribution in [3.63, 3.8) is 0 Å². The van der Waals surface area contributed by atoms with Crippen LogP contribution in [-0.2, 0) is 19.6 Å². The maximum atomic E-state index is 12.8. The van der Waals surface area contributed by atoms with Crippen LogP contribution >= 0.6 is 38.9 Å². The van der Waals surface area contributed by atoms with Gasteiger partial charge in [-0.15, -0.1) is 11.3 Å². The van der Waals surface area contributed by atoms with E-state index in [1.54, 1.807) is 36.4 Å². The minimum atomic E-state index is -3.52. The maximum Gasteiger partial charge on any atom is 0.327 e. The van der Waals surface area contributed by atoms with Crippen LogP contribution < -0.4 is 0 Å². The standard InChI is InChI=1S/C17H18BrClN2O4S2/c1-25-17(22)16(12-2-4-13(19)5-3-12)20-8-10-21(11-9-20)27(23,24)15-7-6-14(18)26-15/h2-7,16H,8-11H2,1H3. The average molecular weight is 494 g/mol. The number of thiophene rings is 1. The van der Waals surface area contributed by atoms with Crippen molar-refractivity contribution in [3.05, 3.63) is 50.8 Å². The van der Waals surface area contributed by atoms with E-state index in [1.165, 1.54) is 22.8 Å². The zero-order chi connectivity index (χ0) is 19.6. The van der Waals surface area contributed by atoms with Crippen molar-refractivity contribution in [1.82, 2.24) is 9.21 Å². The minimum absolute atomic E-state index is 0.305. The van der Waals surface area contributed by atoms with Crippen LogP contribution in [-0.4, -0.2) is 56.9 Å². The lowest BCUT2D eigenvalue weighted by Crippen LogP contribution is -2.50. The molecule has 0 aliphatic carbocycles. The van der Waals surface area contributed by atoms with Crippen LogP contribution in [0.2, 0.25) is 5.02 Å². The number of halogens is 2. The van der Waals surface area contributed by atoms with E-state index in [4.69, 9.17) is 16.3 Å². The van der Waals surface area contributed by atoms with Gasteiger partial charge >= 0.3 is 5.97 Å². The van der Waals surface area contributed by atoms with Crippen molar-refractivity contribution in [1.29, 1.82) is 0 Å². The second-order valence-electron chi connectivity index (χ2n) is 5.98. The Morgan fingerprint density at radius 2 is 1.78 bits per heavy atom. The maximum absolute atomic E-state index is 12.8. The molecule has 2 heterocycles. The molecule has 1 fully saturated rings. The lowest BCUT2D eigenvalue weighted by molar-refractivity contribution is -0.147. The molecule has 2 aromatic rings. The molecule has 0 bridgehead atoms. The van der Waals surface area contributed by atoms with E-state index < -0.39 is 16.1 Å². The van der Waals surface area contributed by atoms with Gasteiger partial charge in [0.1, 0.15) is 10.3 Å². The Bertz CT molecular complexity index is 909. The fourth-order valence-electron chi connectivity index (χ4n) is 3.02. The van der Waals surface area contributed by atoms with E-state index in [-0.39, 0.29) is 5.97 Å². The predicted molar refractivity (Wildman–Crippen MR) is 109 cm³/mol. The average Bonchev–Trinajstić information content (AvgIpc) is 3.11. The first-order valence-corrected chi connectivity index (χ1v) is 11.6. The van der Waals surface area contributed by atoms with Crippen molar-refractivity contribution in [3.8, 4) is 0 Å². The molecule has 0 amide bonds. The zero-order valence-electron chi connectivity index (χ0n) is 14.5. The molecule has 1 aromatic heterocycles. The third-order valence-electron chi connectivity index (χ3n) is 4.39. The first kappa shape index (κ1) is 20.8. The van der Waals surface area contributed by atoms with Gasteiger partial charge in [0.2, 0.25) is 0 Å². The smallest absolute Gasteiger partial charge is 0.327 e. The lowest BCUT2D eigenvalue weighted by Gasteiger charge is -2.37. The van der Waals surface area contributed by atoms with E-state index in [0.717, 1.165) is 9.35 Å². The number of esters is 1. The second-order valence-corrected chi connectivity index (χ2v) is 11.0. The Morgan fingerprint density at radius 1 is 1.15 bits per heavy atom. The van der Waals surface area contributed by atoms with Gasteiger partial charge in [-0.2, -0.15) is 4.31 Å². The van der Waals surface area contributed by atoms with Crippen molar-refractivity contribution in [2.24, 2.45) is 0 Å². The molecule has 0 saturated carbocycles. The number of hydrogen-bond donors (Lipinski definition) is 0. The van der Waals surface area contributed by atoms with E-state index in [1.807, 2.05) is 4.90 Å². The third-order valence-corrected chi connectivity index (χ3v) is 8.63. The van der Waals surface area contributed by atoms with Crippen molar-refractivity contribution in [2.75, 3.05) is 33.3 Å². The van der Waals surface area contributed by atoms with Gasteiger partial charge in [-0.1, -0.05) is 23.7 Å². The van der Waals surface area contributed by atoms with Gasteiger partial charge in [-0.3, -0.25) is 4.90 Å². The highest BCUT2D eigenvalue weighted by molar-refractivity contribution is 9.11. The summed E-state index contributed by atoms with van der Waals surface area (Å²) in [5, 5.41) is 0.584. The van der Waals surface area contributed by atoms with Gasteiger partial charge in [0.25, 0.3) is 10.0 Å². The summed E-state index contributed by atoms with van der Waals surface area (Å²) in [6.45, 7) is 1.46. The van der Waals surface area contributed by atoms with E-state index in [2.05, 4.69) is 15.9 Å². The summed E-state index contributed by atoms with van der Waals surface area (Å²) in [5.41, 5.74) is 0.768. The van der Waals surface area contributed by atoms with E-state index >= 15 is 0 Å². The molecule has 3 rings (SSSR count). The van der Waals surface area contributed by atoms with Crippen LogP contribution in [0.15, 0.2) is 44.4 Å². The summed E-state index contributed by atoms with van der Waals surface area (Å²) in [4.78, 5) is 14.3. The number of carbonyl (C=O) groups is 1. The molecule has 1 atom stereocenters. The Hall–Kier alpha value is -0.970. The number of ether oxygens (including phenoxy) is 1. The Balaban J connectivity index is 1.76. The van der Waals surface area contributed by atoms with Crippen molar-refractivity contribution in [2.45, 2.75) is 10.3 Å². The Labute approximate surface area is 175 Å². The monoisotopic (exact) mass is 492 g/mol. The molecule has 6 nitrogen and oxygen atoms in total. The molecule has 1 aromatic carbocycles. The van der Waals surface area contributed by atoms with Crippen LogP contribution in [0.3, 0.4) is 0 Å². The quantitative estimate of drug-likeness (QED) is 0.597. The van der Waals surface area contributed by atoms with Gasteiger partial charge < -0.3 is 4.74 Å². The molecule has 0 radical (unpaired) electrons. The number of carbonyl (C=O) groups excluding carboxylic acids is 1. The molecule has 1 unspecified atom stereocenters. The molecular formula is C17H18BrClN2O4S2. The van der Waals surface area contributed by atoms with Crippen LogP contribution in [0, 0.1) is 0 Å². The van der Waals surface area contributed by atoms with Gasteiger partial charge in [-0.05, 0) is 45.8 Å². The molecule has 1 saturated heterocycles. The number of sulfonamides is 1. The summed E-state index contributed by atoms with van der Waals surface area (Å²) in [5.74, 6) is -0.379. The zero-order valence-corrected chi connectivity index (χ0v) is 18.4. The highest BCUT2D eigenvalue weighted by atomic mass is 79.9. The molecular weight excluding hydrogens is 476 g/mol. The molecule has 1 aliphatic heterocycles. The summed E-state index contributed by atoms with van der Waals surface area (Å²) >= 11 is 10.4. The first-order chi connectivity index (χ1) is 12.8. The largest absolute Gasteiger partial charge is 0.468 e. The highest BCUT2D eigenvalue weighted by Gasteiger charge is 2.35. The van der Waals surface area contributed by atoms with Gasteiger partial charge in [-0.25, -0.2) is 13.2 Å². The Morgan fingerprint density at radius 3 is 2.30 bits per heavy atom. The van der Waals surface area contributed by atoms with E-state index in [0.29, 0.717) is 35.4 Å². The molecule has 0 N–H and O–H groups in total. The van der Waals surface area contributed by atoms with Crippen LogP contribution in [0.1, 0.15) is 11.6 Å². The predicted octanol–water partition coefficient (Wildman–Crippen LogP) is 3.38. The highest BCUT2D eigenvalue weighted by Crippen LogP contribution is 2.30. The van der Waals surface area contributed by atoms with Gasteiger partial charge in [0.15, 0.2) is 0 Å². The lowest BCUT2D eigenvalue weighted by atomic mass is 10.0. The second kappa shape index (κ2) is 8.59. The number of piperazine rings is 1. The topological polar surface area (TPSA) is 66.9 Å². The fourth-order valence-corrected chi connectivity index (χ4v) is 6.73. The fraction of sp³-hybridized carbons (Fsp3) is 0.353. The molecule has 0 spiro atoms. The van der Waals surface area contributed by atoms with Gasteiger partial charge in [0, 0.05) is 31.2 Å². The van der Waals surface area contributed by atoms with Gasteiger partial charge in [0.05, 0.1) is 10.9 Å². The van der Waals surface area contributed by atoms with E-state index in [9.17, 15) is 13.2 Å². The van der Waals surface area contributed by atoms with Crippen LogP contribution in [0.5, 0.6) is 0 Å². The number of rotatable bonds is 5. The Kier molecular flexibility index (Phi) is 6.60. The van der Waals surface area contributed by atoms with Crippen molar-refractivity contribution >= 4 is 54.9 Å². The summed E-state index contributed by atoms with van der Waals surface area (Å²) in [7, 11) is -2.18. The number of benzene rings is 1. The third kappa shape index (κ3) is 4.55. The normalized spacial score (nSPS) is 17.6. The van der Waals surface area contributed by atoms with Crippen LogP contribution in [0.25, 0.3) is 0 Å². The summed E-state index contributed by atoms with van der Waals surface area (Å²) in [6, 6.07) is 9.76. The number of hydrogen-bond acceptors (Lipinski definition) is 6. The van der Waals surface area contributed by atoms with Crippen LogP contribution in [0.4, 0.5) is 0 Å². The SMILES string of the molecule is COC(=O)C(c1ccc(Cl)cc1)N1CCN(S(=O)(=O)c2ccc(Br)s2)CC1. The molecule has 146 valence electrons. The molecule has 10 heteroatoms. The first-order valence-electron chi connectivity index (χ1n) is 8.16. The summed E-state index contributed by atoms with van der Waals surface area (Å²) in [6.07, 6.45) is 0. The minimum Gasteiger partial charge on any atom is -0.468 e.